The van der Waals surface area contributed by atoms with Crippen LogP contribution in [0.1, 0.15) is 33.1 Å². The lowest BCUT2D eigenvalue weighted by Crippen LogP contribution is -2.67. The average Bonchev–Trinajstić information content (AvgIpc) is 3.05. The highest BCUT2D eigenvalue weighted by Crippen LogP contribution is 2.44. The summed E-state index contributed by atoms with van der Waals surface area (Å²) in [7, 11) is 0. The third kappa shape index (κ3) is 1.96. The molecule has 0 aromatic carbocycles. The lowest BCUT2D eigenvalue weighted by molar-refractivity contribution is -0.161. The standard InChI is InChI=1S/C12H22N2O2/c1-3-8(2)10(13)11(15)14-6-12(16,7-14)9-4-5-9/h8-10,16H,3-7,13H2,1-2H3/t8-,10-/m0/s1. The zero-order chi connectivity index (χ0) is 11.9. The maximum absolute atomic E-state index is 11.9. The third-order valence-electron chi connectivity index (χ3n) is 4.12. The highest BCUT2D eigenvalue weighted by molar-refractivity contribution is 5.83. The predicted octanol–water partition coefficient (Wildman–Crippen LogP) is 0.343. The number of hydrogen-bond acceptors (Lipinski definition) is 3. The van der Waals surface area contributed by atoms with E-state index < -0.39 is 11.6 Å². The number of carbonyl (C=O) groups is 1. The summed E-state index contributed by atoms with van der Waals surface area (Å²) in [6.45, 7) is 5.01. The number of amides is 1. The van der Waals surface area contributed by atoms with E-state index in [9.17, 15) is 9.90 Å². The molecule has 1 aliphatic heterocycles. The molecule has 2 rings (SSSR count). The molecular weight excluding hydrogens is 204 g/mol. The minimum absolute atomic E-state index is 0.000301. The van der Waals surface area contributed by atoms with Crippen molar-refractivity contribution < 1.29 is 9.90 Å². The van der Waals surface area contributed by atoms with Crippen LogP contribution in [0.5, 0.6) is 0 Å². The van der Waals surface area contributed by atoms with E-state index in [1.165, 1.54) is 0 Å². The molecule has 0 aromatic heterocycles. The zero-order valence-corrected chi connectivity index (χ0v) is 10.1. The Morgan fingerprint density at radius 3 is 2.56 bits per heavy atom. The van der Waals surface area contributed by atoms with Crippen molar-refractivity contribution >= 4 is 5.91 Å². The van der Waals surface area contributed by atoms with Gasteiger partial charge in [0.05, 0.1) is 19.1 Å². The summed E-state index contributed by atoms with van der Waals surface area (Å²) in [6, 6.07) is -0.409. The summed E-state index contributed by atoms with van der Waals surface area (Å²) in [4.78, 5) is 13.6. The van der Waals surface area contributed by atoms with Gasteiger partial charge in [-0.25, -0.2) is 0 Å². The van der Waals surface area contributed by atoms with Gasteiger partial charge in [-0.2, -0.15) is 0 Å². The van der Waals surface area contributed by atoms with E-state index in [4.69, 9.17) is 5.73 Å². The van der Waals surface area contributed by atoms with Crippen molar-refractivity contribution in [1.82, 2.24) is 4.90 Å². The molecule has 0 spiro atoms. The molecule has 1 saturated heterocycles. The van der Waals surface area contributed by atoms with Crippen molar-refractivity contribution in [2.45, 2.75) is 44.8 Å². The van der Waals surface area contributed by atoms with Crippen LogP contribution in [0.25, 0.3) is 0 Å². The number of carbonyl (C=O) groups excluding carboxylic acids is 1. The number of likely N-dealkylation sites (tertiary alicyclic amines) is 1. The van der Waals surface area contributed by atoms with Gasteiger partial charge in [-0.1, -0.05) is 20.3 Å². The van der Waals surface area contributed by atoms with E-state index in [1.807, 2.05) is 13.8 Å². The zero-order valence-electron chi connectivity index (χ0n) is 10.1. The number of nitrogens with two attached hydrogens (primary N) is 1. The number of aliphatic hydroxyl groups is 1. The molecular formula is C12H22N2O2. The molecule has 4 nitrogen and oxygen atoms in total. The Labute approximate surface area is 96.8 Å². The van der Waals surface area contributed by atoms with E-state index in [-0.39, 0.29) is 11.8 Å². The van der Waals surface area contributed by atoms with Gasteiger partial charge in [-0.15, -0.1) is 0 Å². The van der Waals surface area contributed by atoms with E-state index in [0.29, 0.717) is 19.0 Å². The van der Waals surface area contributed by atoms with Gasteiger partial charge in [0.1, 0.15) is 5.60 Å². The van der Waals surface area contributed by atoms with Gasteiger partial charge in [0.15, 0.2) is 0 Å². The van der Waals surface area contributed by atoms with Crippen molar-refractivity contribution in [2.75, 3.05) is 13.1 Å². The van der Waals surface area contributed by atoms with Gasteiger partial charge < -0.3 is 15.7 Å². The minimum Gasteiger partial charge on any atom is -0.386 e. The molecule has 2 atom stereocenters. The van der Waals surface area contributed by atoms with Gasteiger partial charge in [0.2, 0.25) is 5.91 Å². The normalized spacial score (nSPS) is 27.1. The van der Waals surface area contributed by atoms with Crippen LogP contribution in [0.15, 0.2) is 0 Å². The van der Waals surface area contributed by atoms with E-state index in [1.54, 1.807) is 4.90 Å². The lowest BCUT2D eigenvalue weighted by Gasteiger charge is -2.48. The van der Waals surface area contributed by atoms with Crippen molar-refractivity contribution in [3.05, 3.63) is 0 Å². The van der Waals surface area contributed by atoms with Crippen LogP contribution in [0.2, 0.25) is 0 Å². The van der Waals surface area contributed by atoms with Gasteiger partial charge in [0.25, 0.3) is 0 Å². The van der Waals surface area contributed by atoms with E-state index in [0.717, 1.165) is 19.3 Å². The molecule has 92 valence electrons. The summed E-state index contributed by atoms with van der Waals surface area (Å²) in [6.07, 6.45) is 3.12. The molecule has 0 unspecified atom stereocenters. The topological polar surface area (TPSA) is 66.6 Å². The first-order chi connectivity index (χ1) is 7.48. The minimum atomic E-state index is -0.592. The molecule has 1 aliphatic carbocycles. The van der Waals surface area contributed by atoms with Crippen LogP contribution >= 0.6 is 0 Å². The Hall–Kier alpha value is -0.610. The second-order valence-electron chi connectivity index (χ2n) is 5.48. The Morgan fingerprint density at radius 1 is 1.56 bits per heavy atom. The summed E-state index contributed by atoms with van der Waals surface area (Å²) in [5, 5.41) is 10.1. The van der Waals surface area contributed by atoms with Gasteiger partial charge in [0, 0.05) is 0 Å². The molecule has 2 aliphatic rings. The van der Waals surface area contributed by atoms with Crippen LogP contribution in [0, 0.1) is 11.8 Å². The molecule has 1 heterocycles. The molecule has 4 heteroatoms. The highest BCUT2D eigenvalue weighted by atomic mass is 16.3. The quantitative estimate of drug-likeness (QED) is 0.726. The van der Waals surface area contributed by atoms with Crippen LogP contribution in [0.3, 0.4) is 0 Å². The fraction of sp³-hybridized carbons (Fsp3) is 0.917. The molecule has 2 fully saturated rings. The summed E-state index contributed by atoms with van der Waals surface area (Å²) >= 11 is 0. The van der Waals surface area contributed by atoms with Crippen molar-refractivity contribution in [2.24, 2.45) is 17.6 Å². The maximum atomic E-state index is 11.9. The maximum Gasteiger partial charge on any atom is 0.239 e. The average molecular weight is 226 g/mol. The van der Waals surface area contributed by atoms with Crippen LogP contribution in [-0.4, -0.2) is 40.6 Å². The third-order valence-corrected chi connectivity index (χ3v) is 4.12. The molecule has 0 radical (unpaired) electrons. The van der Waals surface area contributed by atoms with E-state index in [2.05, 4.69) is 0 Å². The Bertz CT molecular complexity index is 283. The van der Waals surface area contributed by atoms with Gasteiger partial charge in [-0.3, -0.25) is 4.79 Å². The molecule has 3 N–H and O–H groups in total. The number of rotatable bonds is 4. The Kier molecular flexibility index (Phi) is 2.97. The number of β-amino-alcohol motifs (C(OH)–C–C–N with tert-alkyl or cyclic N) is 1. The van der Waals surface area contributed by atoms with Crippen LogP contribution in [-0.2, 0) is 4.79 Å². The Morgan fingerprint density at radius 2 is 2.12 bits per heavy atom. The lowest BCUT2D eigenvalue weighted by atomic mass is 9.87. The highest BCUT2D eigenvalue weighted by Gasteiger charge is 2.53. The number of hydrogen-bond donors (Lipinski definition) is 2. The monoisotopic (exact) mass is 226 g/mol. The first-order valence-electron chi connectivity index (χ1n) is 6.24. The van der Waals surface area contributed by atoms with Crippen molar-refractivity contribution in [1.29, 1.82) is 0 Å². The fourth-order valence-electron chi connectivity index (χ4n) is 2.36. The molecule has 1 amide bonds. The number of nitrogens with zero attached hydrogens (tertiary/aromatic N) is 1. The first kappa shape index (κ1) is 11.9. The molecule has 0 aromatic rings. The van der Waals surface area contributed by atoms with Gasteiger partial charge in [-0.05, 0) is 24.7 Å². The fourth-order valence-corrected chi connectivity index (χ4v) is 2.36. The van der Waals surface area contributed by atoms with Crippen molar-refractivity contribution in [3.63, 3.8) is 0 Å². The van der Waals surface area contributed by atoms with Gasteiger partial charge >= 0.3 is 0 Å². The SMILES string of the molecule is CC[C@H](C)[C@H](N)C(=O)N1CC(O)(C2CC2)C1. The molecule has 1 saturated carbocycles. The summed E-state index contributed by atoms with van der Waals surface area (Å²) in [5.41, 5.74) is 5.30. The van der Waals surface area contributed by atoms with Crippen LogP contribution < -0.4 is 5.73 Å². The largest absolute Gasteiger partial charge is 0.386 e. The summed E-state index contributed by atoms with van der Waals surface area (Å²) < 4.78 is 0. The van der Waals surface area contributed by atoms with Crippen molar-refractivity contribution in [3.8, 4) is 0 Å². The van der Waals surface area contributed by atoms with Crippen LogP contribution in [0.4, 0.5) is 0 Å². The second kappa shape index (κ2) is 4.00. The Balaban J connectivity index is 1.84. The predicted molar refractivity (Wildman–Crippen MR) is 61.7 cm³/mol. The second-order valence-corrected chi connectivity index (χ2v) is 5.48. The first-order valence-corrected chi connectivity index (χ1v) is 6.24. The summed E-state index contributed by atoms with van der Waals surface area (Å²) in [5.74, 6) is 0.637. The smallest absolute Gasteiger partial charge is 0.239 e. The van der Waals surface area contributed by atoms with E-state index >= 15 is 0 Å². The molecule has 0 bridgehead atoms. The molecule has 16 heavy (non-hydrogen) atoms.